The smallest absolute Gasteiger partial charge is 0.335 e. The van der Waals surface area contributed by atoms with E-state index in [9.17, 15) is 9.59 Å². The second kappa shape index (κ2) is 8.73. The fourth-order valence-electron chi connectivity index (χ4n) is 2.45. The molecule has 0 atom stereocenters. The fourth-order valence-corrected chi connectivity index (χ4v) is 2.45. The van der Waals surface area contributed by atoms with Crippen LogP contribution in [0.5, 0.6) is 11.5 Å². The van der Waals surface area contributed by atoms with E-state index in [1.54, 1.807) is 26.4 Å². The quantitative estimate of drug-likeness (QED) is 0.770. The predicted molar refractivity (Wildman–Crippen MR) is 93.1 cm³/mol. The van der Waals surface area contributed by atoms with Crippen molar-refractivity contribution in [3.05, 3.63) is 59.2 Å². The van der Waals surface area contributed by atoms with Crippen LogP contribution in [0.15, 0.2) is 42.5 Å². The molecule has 25 heavy (non-hydrogen) atoms. The summed E-state index contributed by atoms with van der Waals surface area (Å²) in [5, 5.41) is 11.7. The molecule has 2 aromatic rings. The number of carboxylic acid groups (broad SMARTS) is 1. The molecule has 6 heteroatoms. The van der Waals surface area contributed by atoms with Gasteiger partial charge in [0.2, 0.25) is 5.91 Å². The van der Waals surface area contributed by atoms with Crippen LogP contribution in [0.1, 0.15) is 27.9 Å². The molecule has 2 aromatic carbocycles. The number of ether oxygens (including phenoxy) is 2. The van der Waals surface area contributed by atoms with E-state index < -0.39 is 5.97 Å². The van der Waals surface area contributed by atoms with Crippen LogP contribution in [0.25, 0.3) is 0 Å². The van der Waals surface area contributed by atoms with Gasteiger partial charge in [0, 0.05) is 13.0 Å². The Hall–Kier alpha value is -3.02. The predicted octanol–water partition coefficient (Wildman–Crippen LogP) is 2.65. The van der Waals surface area contributed by atoms with Gasteiger partial charge in [0.1, 0.15) is 0 Å². The van der Waals surface area contributed by atoms with Gasteiger partial charge in [-0.05, 0) is 35.7 Å². The third-order valence-electron chi connectivity index (χ3n) is 3.80. The van der Waals surface area contributed by atoms with Gasteiger partial charge in [0.15, 0.2) is 11.5 Å². The van der Waals surface area contributed by atoms with Gasteiger partial charge in [-0.1, -0.05) is 24.3 Å². The zero-order chi connectivity index (χ0) is 18.2. The Labute approximate surface area is 146 Å². The first-order valence-corrected chi connectivity index (χ1v) is 7.84. The maximum absolute atomic E-state index is 12.0. The summed E-state index contributed by atoms with van der Waals surface area (Å²) >= 11 is 0. The molecule has 0 aliphatic rings. The van der Waals surface area contributed by atoms with E-state index in [4.69, 9.17) is 14.6 Å². The average molecular weight is 343 g/mol. The molecule has 132 valence electrons. The van der Waals surface area contributed by atoms with Gasteiger partial charge in [-0.15, -0.1) is 0 Å². The number of carbonyl (C=O) groups excluding carboxylic acids is 1. The number of aromatic carboxylic acids is 1. The van der Waals surface area contributed by atoms with Crippen molar-refractivity contribution < 1.29 is 24.2 Å². The highest BCUT2D eigenvalue weighted by Crippen LogP contribution is 2.31. The van der Waals surface area contributed by atoms with Gasteiger partial charge in [0.05, 0.1) is 19.8 Å². The Balaban J connectivity index is 1.88. The molecular weight excluding hydrogens is 322 g/mol. The molecule has 0 spiro atoms. The molecule has 0 aliphatic heterocycles. The highest BCUT2D eigenvalue weighted by atomic mass is 16.5. The molecule has 0 saturated heterocycles. The number of benzene rings is 2. The second-order valence-corrected chi connectivity index (χ2v) is 5.43. The molecule has 0 unspecified atom stereocenters. The minimum absolute atomic E-state index is 0.0906. The molecule has 0 fully saturated rings. The molecule has 0 saturated carbocycles. The maximum Gasteiger partial charge on any atom is 0.335 e. The Bertz CT molecular complexity index is 740. The number of aryl methyl sites for hydroxylation is 1. The number of nitrogens with one attached hydrogen (secondary N) is 1. The van der Waals surface area contributed by atoms with Crippen molar-refractivity contribution in [2.75, 3.05) is 14.2 Å². The Morgan fingerprint density at radius 1 is 1.04 bits per heavy atom. The third-order valence-corrected chi connectivity index (χ3v) is 3.80. The van der Waals surface area contributed by atoms with Gasteiger partial charge < -0.3 is 19.9 Å². The molecular formula is C19H21NO5. The van der Waals surface area contributed by atoms with Crippen molar-refractivity contribution in [3.8, 4) is 11.5 Å². The number of carbonyl (C=O) groups is 2. The number of methoxy groups -OCH3 is 2. The second-order valence-electron chi connectivity index (χ2n) is 5.43. The van der Waals surface area contributed by atoms with Crippen LogP contribution in [0, 0.1) is 0 Å². The summed E-state index contributed by atoms with van der Waals surface area (Å²) in [5.41, 5.74) is 1.97. The lowest BCUT2D eigenvalue weighted by molar-refractivity contribution is -0.121. The molecule has 0 aliphatic carbocycles. The van der Waals surface area contributed by atoms with Crippen molar-refractivity contribution >= 4 is 11.9 Å². The van der Waals surface area contributed by atoms with Crippen molar-refractivity contribution in [2.45, 2.75) is 19.4 Å². The first kappa shape index (κ1) is 18.3. The lowest BCUT2D eigenvalue weighted by atomic mass is 10.1. The van der Waals surface area contributed by atoms with E-state index in [-0.39, 0.29) is 11.5 Å². The number of para-hydroxylation sites is 1. The zero-order valence-electron chi connectivity index (χ0n) is 14.2. The van der Waals surface area contributed by atoms with Gasteiger partial charge in [-0.25, -0.2) is 4.79 Å². The molecule has 2 rings (SSSR count). The van der Waals surface area contributed by atoms with Crippen LogP contribution >= 0.6 is 0 Å². The van der Waals surface area contributed by atoms with Crippen LogP contribution in [0.2, 0.25) is 0 Å². The van der Waals surface area contributed by atoms with E-state index >= 15 is 0 Å². The van der Waals surface area contributed by atoms with Gasteiger partial charge in [-0.3, -0.25) is 4.79 Å². The van der Waals surface area contributed by atoms with E-state index in [2.05, 4.69) is 5.32 Å². The number of hydrogen-bond donors (Lipinski definition) is 2. The normalized spacial score (nSPS) is 10.2. The molecule has 1 amide bonds. The lowest BCUT2D eigenvalue weighted by Gasteiger charge is -2.12. The van der Waals surface area contributed by atoms with Crippen molar-refractivity contribution in [3.63, 3.8) is 0 Å². The Morgan fingerprint density at radius 2 is 1.76 bits per heavy atom. The summed E-state index contributed by atoms with van der Waals surface area (Å²) in [6.45, 7) is 0.355. The minimum atomic E-state index is -0.970. The SMILES string of the molecule is COc1cccc(CCC(=O)NCc2ccc(C(=O)O)cc2)c1OC. The summed E-state index contributed by atoms with van der Waals surface area (Å²) in [7, 11) is 3.15. The molecule has 0 heterocycles. The average Bonchev–Trinajstić information content (AvgIpc) is 2.64. The standard InChI is InChI=1S/C19H21NO5/c1-24-16-5-3-4-14(18(16)25-2)10-11-17(21)20-12-13-6-8-15(9-7-13)19(22)23/h3-9H,10-12H2,1-2H3,(H,20,21)(H,22,23). The zero-order valence-corrected chi connectivity index (χ0v) is 14.2. The van der Waals surface area contributed by atoms with Crippen LogP contribution in [-0.4, -0.2) is 31.2 Å². The van der Waals surface area contributed by atoms with Crippen molar-refractivity contribution in [1.82, 2.24) is 5.32 Å². The van der Waals surface area contributed by atoms with Crippen LogP contribution < -0.4 is 14.8 Å². The summed E-state index contributed by atoms with van der Waals surface area (Å²) in [4.78, 5) is 22.8. The topological polar surface area (TPSA) is 84.9 Å². The molecule has 0 aromatic heterocycles. The van der Waals surface area contributed by atoms with Gasteiger partial charge >= 0.3 is 5.97 Å². The number of carboxylic acids is 1. The number of hydrogen-bond acceptors (Lipinski definition) is 4. The van der Waals surface area contributed by atoms with Gasteiger partial charge in [0.25, 0.3) is 0 Å². The largest absolute Gasteiger partial charge is 0.493 e. The molecule has 6 nitrogen and oxygen atoms in total. The molecule has 0 radical (unpaired) electrons. The maximum atomic E-state index is 12.0. The van der Waals surface area contributed by atoms with Crippen LogP contribution in [0.3, 0.4) is 0 Å². The highest BCUT2D eigenvalue weighted by Gasteiger charge is 2.11. The first-order chi connectivity index (χ1) is 12.0. The van der Waals surface area contributed by atoms with E-state index in [1.807, 2.05) is 18.2 Å². The first-order valence-electron chi connectivity index (χ1n) is 7.84. The Morgan fingerprint density at radius 3 is 2.36 bits per heavy atom. The molecule has 0 bridgehead atoms. The van der Waals surface area contributed by atoms with Gasteiger partial charge in [-0.2, -0.15) is 0 Å². The van der Waals surface area contributed by atoms with E-state index in [0.717, 1.165) is 11.1 Å². The van der Waals surface area contributed by atoms with Crippen LogP contribution in [0.4, 0.5) is 0 Å². The minimum Gasteiger partial charge on any atom is -0.493 e. The third kappa shape index (κ3) is 4.97. The highest BCUT2D eigenvalue weighted by molar-refractivity contribution is 5.87. The summed E-state index contributed by atoms with van der Waals surface area (Å²) in [6.07, 6.45) is 0.848. The summed E-state index contributed by atoms with van der Waals surface area (Å²) < 4.78 is 10.6. The van der Waals surface area contributed by atoms with Crippen LogP contribution in [-0.2, 0) is 17.8 Å². The monoisotopic (exact) mass is 343 g/mol. The summed E-state index contributed by atoms with van der Waals surface area (Å²) in [5.74, 6) is 0.219. The fraction of sp³-hybridized carbons (Fsp3) is 0.263. The van der Waals surface area contributed by atoms with E-state index in [0.29, 0.717) is 30.9 Å². The Kier molecular flexibility index (Phi) is 6.39. The lowest BCUT2D eigenvalue weighted by Crippen LogP contribution is -2.23. The number of rotatable bonds is 8. The molecule has 2 N–H and O–H groups in total. The summed E-state index contributed by atoms with van der Waals surface area (Å²) in [6, 6.07) is 12.0. The van der Waals surface area contributed by atoms with E-state index in [1.165, 1.54) is 12.1 Å². The van der Waals surface area contributed by atoms with Crippen molar-refractivity contribution in [1.29, 1.82) is 0 Å². The number of amides is 1. The van der Waals surface area contributed by atoms with Crippen molar-refractivity contribution in [2.24, 2.45) is 0 Å².